The number of nitrogens with one attached hydrogen (secondary N) is 1. The second-order valence-electron chi connectivity index (χ2n) is 7.50. The Kier molecular flexibility index (Phi) is 7.33. The lowest BCUT2D eigenvalue weighted by atomic mass is 10.0. The zero-order valence-corrected chi connectivity index (χ0v) is 17.9. The van der Waals surface area contributed by atoms with E-state index < -0.39 is 6.04 Å². The molecule has 0 unspecified atom stereocenters. The smallest absolute Gasteiger partial charge is 0.254 e. The molecule has 0 bridgehead atoms. The van der Waals surface area contributed by atoms with Gasteiger partial charge in [-0.1, -0.05) is 25.5 Å². The first kappa shape index (κ1) is 21.7. The third-order valence-electron chi connectivity index (χ3n) is 5.23. The number of rotatable bonds is 10. The number of benzene rings is 2. The quantitative estimate of drug-likeness (QED) is 0.601. The Hall–Kier alpha value is -3.02. The Morgan fingerprint density at radius 3 is 2.50 bits per heavy atom. The molecule has 6 heteroatoms. The van der Waals surface area contributed by atoms with E-state index in [0.29, 0.717) is 19.6 Å². The zero-order valence-electron chi connectivity index (χ0n) is 17.9. The Morgan fingerprint density at radius 1 is 1.10 bits per heavy atom. The standard InChI is InChI=1S/C24H30N2O4/c1-4-5-7-18-8-13-22-21(16-18)23(25-17(2)27)24(28)26(22)14-6-15-30-20-11-9-19(29-3)10-12-20/h8-13,16,23H,4-7,14-15H2,1-3H3,(H,25,27)/t23-/m1/s1. The van der Waals surface area contributed by atoms with Gasteiger partial charge < -0.3 is 19.7 Å². The highest BCUT2D eigenvalue weighted by molar-refractivity contribution is 6.06. The van der Waals surface area contributed by atoms with Crippen LogP contribution in [0.2, 0.25) is 0 Å². The van der Waals surface area contributed by atoms with Crippen LogP contribution < -0.4 is 19.7 Å². The average Bonchev–Trinajstić information content (AvgIpc) is 3.00. The lowest BCUT2D eigenvalue weighted by Gasteiger charge is -2.18. The van der Waals surface area contributed by atoms with Crippen molar-refractivity contribution < 1.29 is 19.1 Å². The summed E-state index contributed by atoms with van der Waals surface area (Å²) in [5.41, 5.74) is 2.96. The number of anilines is 1. The fourth-order valence-corrected chi connectivity index (χ4v) is 3.68. The average molecular weight is 411 g/mol. The summed E-state index contributed by atoms with van der Waals surface area (Å²) >= 11 is 0. The van der Waals surface area contributed by atoms with E-state index >= 15 is 0 Å². The van der Waals surface area contributed by atoms with Gasteiger partial charge in [0, 0.05) is 24.7 Å². The number of unbranched alkanes of at least 4 members (excludes halogenated alkanes) is 1. The molecule has 6 nitrogen and oxygen atoms in total. The van der Waals surface area contributed by atoms with Crippen LogP contribution in [0.15, 0.2) is 42.5 Å². The van der Waals surface area contributed by atoms with Crippen LogP contribution in [0.3, 0.4) is 0 Å². The van der Waals surface area contributed by atoms with Crippen molar-refractivity contribution >= 4 is 17.5 Å². The van der Waals surface area contributed by atoms with Crippen molar-refractivity contribution in [2.45, 2.75) is 45.6 Å². The van der Waals surface area contributed by atoms with Crippen molar-refractivity contribution in [2.75, 3.05) is 25.2 Å². The minimum absolute atomic E-state index is 0.0858. The predicted molar refractivity (Wildman–Crippen MR) is 117 cm³/mol. The van der Waals surface area contributed by atoms with Crippen molar-refractivity contribution in [1.82, 2.24) is 5.32 Å². The van der Waals surface area contributed by atoms with Gasteiger partial charge in [-0.15, -0.1) is 0 Å². The van der Waals surface area contributed by atoms with Gasteiger partial charge in [-0.05, 0) is 55.2 Å². The van der Waals surface area contributed by atoms with Gasteiger partial charge in [0.05, 0.1) is 13.7 Å². The molecule has 2 amide bonds. The van der Waals surface area contributed by atoms with Gasteiger partial charge in [0.15, 0.2) is 0 Å². The molecule has 2 aromatic rings. The monoisotopic (exact) mass is 410 g/mol. The van der Waals surface area contributed by atoms with E-state index in [1.807, 2.05) is 30.3 Å². The van der Waals surface area contributed by atoms with Gasteiger partial charge >= 0.3 is 0 Å². The van der Waals surface area contributed by atoms with Crippen molar-refractivity contribution in [2.24, 2.45) is 0 Å². The highest BCUT2D eigenvalue weighted by Crippen LogP contribution is 2.37. The predicted octanol–water partition coefficient (Wildman–Crippen LogP) is 4.03. The number of carbonyl (C=O) groups is 2. The van der Waals surface area contributed by atoms with Crippen LogP contribution in [0.4, 0.5) is 5.69 Å². The number of fused-ring (bicyclic) bond motifs is 1. The maximum Gasteiger partial charge on any atom is 0.254 e. The zero-order chi connectivity index (χ0) is 21.5. The molecule has 0 spiro atoms. The van der Waals surface area contributed by atoms with Crippen LogP contribution in [0.5, 0.6) is 11.5 Å². The van der Waals surface area contributed by atoms with Crippen LogP contribution in [0, 0.1) is 0 Å². The number of methoxy groups -OCH3 is 1. The highest BCUT2D eigenvalue weighted by Gasteiger charge is 2.37. The lowest BCUT2D eigenvalue weighted by molar-refractivity contribution is -0.126. The van der Waals surface area contributed by atoms with Crippen LogP contribution >= 0.6 is 0 Å². The summed E-state index contributed by atoms with van der Waals surface area (Å²) in [7, 11) is 1.63. The third-order valence-corrected chi connectivity index (χ3v) is 5.23. The molecule has 1 heterocycles. The number of aryl methyl sites for hydroxylation is 1. The molecular weight excluding hydrogens is 380 g/mol. The maximum absolute atomic E-state index is 13.0. The minimum atomic E-state index is -0.610. The first-order valence-electron chi connectivity index (χ1n) is 10.5. The SMILES string of the molecule is CCCCc1ccc2c(c1)[C@@H](NC(C)=O)C(=O)N2CCCOc1ccc(OC)cc1. The summed E-state index contributed by atoms with van der Waals surface area (Å²) in [6, 6.07) is 13.0. The number of carbonyl (C=O) groups excluding carboxylic acids is 2. The second-order valence-corrected chi connectivity index (χ2v) is 7.50. The molecule has 2 aromatic carbocycles. The van der Waals surface area contributed by atoms with Crippen molar-refractivity contribution in [1.29, 1.82) is 0 Å². The first-order valence-corrected chi connectivity index (χ1v) is 10.5. The molecule has 30 heavy (non-hydrogen) atoms. The normalized spacial score (nSPS) is 15.1. The summed E-state index contributed by atoms with van der Waals surface area (Å²) in [5, 5.41) is 2.81. The van der Waals surface area contributed by atoms with Gasteiger partial charge in [-0.25, -0.2) is 0 Å². The van der Waals surface area contributed by atoms with E-state index in [9.17, 15) is 9.59 Å². The summed E-state index contributed by atoms with van der Waals surface area (Å²) in [6.45, 7) is 4.63. The summed E-state index contributed by atoms with van der Waals surface area (Å²) in [6.07, 6.45) is 3.87. The molecule has 0 saturated heterocycles. The number of hydrogen-bond donors (Lipinski definition) is 1. The Labute approximate surface area is 178 Å². The highest BCUT2D eigenvalue weighted by atomic mass is 16.5. The maximum atomic E-state index is 13.0. The number of hydrogen-bond acceptors (Lipinski definition) is 4. The Morgan fingerprint density at radius 2 is 1.83 bits per heavy atom. The molecule has 1 N–H and O–H groups in total. The van der Waals surface area contributed by atoms with Crippen molar-refractivity contribution in [3.63, 3.8) is 0 Å². The molecule has 160 valence electrons. The van der Waals surface area contributed by atoms with E-state index in [4.69, 9.17) is 9.47 Å². The van der Waals surface area contributed by atoms with Crippen molar-refractivity contribution in [3.05, 3.63) is 53.6 Å². The van der Waals surface area contributed by atoms with Gasteiger partial charge in [-0.3, -0.25) is 9.59 Å². The van der Waals surface area contributed by atoms with Gasteiger partial charge in [-0.2, -0.15) is 0 Å². The molecule has 1 aliphatic heterocycles. The topological polar surface area (TPSA) is 67.9 Å². The fourth-order valence-electron chi connectivity index (χ4n) is 3.68. The molecule has 1 aliphatic rings. The second kappa shape index (κ2) is 10.1. The Bertz CT molecular complexity index is 879. The molecule has 0 radical (unpaired) electrons. The van der Waals surface area contributed by atoms with Gasteiger partial charge in [0.1, 0.15) is 17.5 Å². The summed E-state index contributed by atoms with van der Waals surface area (Å²) in [5.74, 6) is 1.25. The third kappa shape index (κ3) is 5.12. The number of nitrogens with zero attached hydrogens (tertiary/aromatic N) is 1. The first-order chi connectivity index (χ1) is 14.5. The van der Waals surface area contributed by atoms with E-state index in [1.165, 1.54) is 12.5 Å². The molecule has 0 fully saturated rings. The number of amides is 2. The van der Waals surface area contributed by atoms with Crippen LogP contribution in [0.25, 0.3) is 0 Å². The van der Waals surface area contributed by atoms with E-state index in [1.54, 1.807) is 12.0 Å². The van der Waals surface area contributed by atoms with Gasteiger partial charge in [0.2, 0.25) is 5.91 Å². The van der Waals surface area contributed by atoms with Crippen LogP contribution in [-0.4, -0.2) is 32.1 Å². The molecular formula is C24H30N2O4. The van der Waals surface area contributed by atoms with Crippen LogP contribution in [-0.2, 0) is 16.0 Å². The molecule has 3 rings (SSSR count). The summed E-state index contributed by atoms with van der Waals surface area (Å²) < 4.78 is 10.9. The van der Waals surface area contributed by atoms with Crippen molar-refractivity contribution in [3.8, 4) is 11.5 Å². The number of ether oxygens (including phenoxy) is 2. The largest absolute Gasteiger partial charge is 0.497 e. The van der Waals surface area contributed by atoms with Crippen LogP contribution in [0.1, 0.15) is 50.3 Å². The minimum Gasteiger partial charge on any atom is -0.497 e. The molecule has 0 saturated carbocycles. The Balaban J connectivity index is 1.65. The van der Waals surface area contributed by atoms with E-state index in [2.05, 4.69) is 24.4 Å². The van der Waals surface area contributed by atoms with E-state index in [-0.39, 0.29) is 11.8 Å². The molecule has 0 aliphatic carbocycles. The lowest BCUT2D eigenvalue weighted by Crippen LogP contribution is -2.37. The molecule has 1 atom stereocenters. The van der Waals surface area contributed by atoms with E-state index in [0.717, 1.165) is 42.0 Å². The van der Waals surface area contributed by atoms with Gasteiger partial charge in [0.25, 0.3) is 5.91 Å². The molecule has 0 aromatic heterocycles. The summed E-state index contributed by atoms with van der Waals surface area (Å²) in [4.78, 5) is 26.4. The fraction of sp³-hybridized carbons (Fsp3) is 0.417.